The number of anilines is 1. The molecule has 3 aromatic rings. The zero-order valence-electron chi connectivity index (χ0n) is 19.0. The fourth-order valence-corrected chi connectivity index (χ4v) is 7.49. The summed E-state index contributed by atoms with van der Waals surface area (Å²) in [5.41, 5.74) is 2.87. The van der Waals surface area contributed by atoms with Crippen LogP contribution in [-0.2, 0) is 10.3 Å². The van der Waals surface area contributed by atoms with Crippen LogP contribution >= 0.6 is 11.8 Å². The lowest BCUT2D eigenvalue weighted by Crippen LogP contribution is -2.52. The summed E-state index contributed by atoms with van der Waals surface area (Å²) in [4.78, 5) is 41.3. The molecule has 2 fully saturated rings. The number of carbonyl (C=O) groups is 2. The summed E-state index contributed by atoms with van der Waals surface area (Å²) in [6, 6.07) is 21.4. The molecule has 3 aromatic carbocycles. The molecule has 1 N–H and O–H groups in total. The molecule has 176 valence electrons. The van der Waals surface area contributed by atoms with Crippen LogP contribution in [0, 0.1) is 23.0 Å². The van der Waals surface area contributed by atoms with E-state index in [1.165, 1.54) is 12.1 Å². The van der Waals surface area contributed by atoms with Crippen molar-refractivity contribution in [1.29, 1.82) is 0 Å². The largest absolute Gasteiger partial charge is 0.324 e. The van der Waals surface area contributed by atoms with Gasteiger partial charge in [0, 0.05) is 52.5 Å². The van der Waals surface area contributed by atoms with Crippen molar-refractivity contribution in [3.8, 4) is 0 Å². The van der Waals surface area contributed by atoms with Gasteiger partial charge in [0.15, 0.2) is 5.78 Å². The molecule has 3 aliphatic rings. The number of amides is 1. The van der Waals surface area contributed by atoms with Crippen molar-refractivity contribution in [2.75, 3.05) is 16.9 Å². The summed E-state index contributed by atoms with van der Waals surface area (Å²) in [6.45, 7) is 1.99. The molecule has 1 amide bonds. The highest BCUT2D eigenvalue weighted by molar-refractivity contribution is 7.99. The van der Waals surface area contributed by atoms with Gasteiger partial charge in [-0.15, -0.1) is 11.8 Å². The second-order valence-electron chi connectivity index (χ2n) is 9.39. The standard InChI is InChI=1S/C27H23N3O4S/c1-16-7-12-21-20(13-16)27(26(32)28-21)24(25(31)18-5-3-2-4-6-18)23(22-14-35-15-29(22)27)17-8-10-19(11-9-17)30(33)34/h2-13,22-24H,14-15H2,1H3,(H,28,32)/t22-,23-,24-,27-/m1/s1. The lowest BCUT2D eigenvalue weighted by atomic mass is 9.69. The molecule has 4 atom stereocenters. The maximum atomic E-state index is 14.3. The van der Waals surface area contributed by atoms with Gasteiger partial charge in [0.05, 0.1) is 10.8 Å². The van der Waals surface area contributed by atoms with Crippen molar-refractivity contribution in [2.24, 2.45) is 5.92 Å². The molecule has 3 aliphatic heterocycles. The van der Waals surface area contributed by atoms with Crippen LogP contribution in [0.2, 0.25) is 0 Å². The normalized spacial score (nSPS) is 27.0. The molecule has 8 heteroatoms. The van der Waals surface area contributed by atoms with Crippen molar-refractivity contribution in [3.05, 3.63) is 105 Å². The van der Waals surface area contributed by atoms with Gasteiger partial charge < -0.3 is 5.32 Å². The number of nitrogens with one attached hydrogen (secondary N) is 1. The summed E-state index contributed by atoms with van der Waals surface area (Å²) >= 11 is 1.75. The number of aryl methyl sites for hydroxylation is 1. The van der Waals surface area contributed by atoms with E-state index in [4.69, 9.17) is 0 Å². The molecule has 3 heterocycles. The summed E-state index contributed by atoms with van der Waals surface area (Å²) in [5, 5.41) is 14.3. The first-order valence-corrected chi connectivity index (χ1v) is 12.7. The minimum Gasteiger partial charge on any atom is -0.324 e. The number of benzene rings is 3. The van der Waals surface area contributed by atoms with Gasteiger partial charge in [-0.3, -0.25) is 24.6 Å². The van der Waals surface area contributed by atoms with Gasteiger partial charge in [0.1, 0.15) is 5.54 Å². The lowest BCUT2D eigenvalue weighted by Gasteiger charge is -2.36. The Morgan fingerprint density at radius 2 is 1.86 bits per heavy atom. The minimum atomic E-state index is -1.14. The zero-order valence-corrected chi connectivity index (χ0v) is 19.8. The zero-order chi connectivity index (χ0) is 24.3. The Kier molecular flexibility index (Phi) is 5.05. The highest BCUT2D eigenvalue weighted by Gasteiger charge is 2.69. The molecule has 0 saturated carbocycles. The van der Waals surface area contributed by atoms with Gasteiger partial charge >= 0.3 is 0 Å². The van der Waals surface area contributed by atoms with E-state index >= 15 is 0 Å². The van der Waals surface area contributed by atoms with Crippen LogP contribution < -0.4 is 5.32 Å². The molecule has 0 bridgehead atoms. The van der Waals surface area contributed by atoms with Crippen molar-refractivity contribution in [1.82, 2.24) is 4.90 Å². The quantitative estimate of drug-likeness (QED) is 0.327. The number of nitrogens with zero attached hydrogens (tertiary/aromatic N) is 2. The molecule has 1 spiro atoms. The molecule has 0 aliphatic carbocycles. The Morgan fingerprint density at radius 1 is 1.11 bits per heavy atom. The molecule has 0 aromatic heterocycles. The number of ketones is 1. The van der Waals surface area contributed by atoms with E-state index in [2.05, 4.69) is 10.2 Å². The molecule has 35 heavy (non-hydrogen) atoms. The van der Waals surface area contributed by atoms with Crippen molar-refractivity contribution in [3.63, 3.8) is 0 Å². The molecule has 0 radical (unpaired) electrons. The van der Waals surface area contributed by atoms with E-state index in [-0.39, 0.29) is 29.3 Å². The van der Waals surface area contributed by atoms with Gasteiger partial charge in [0.25, 0.3) is 5.69 Å². The number of nitro groups is 1. The third kappa shape index (κ3) is 3.10. The van der Waals surface area contributed by atoms with Crippen LogP contribution in [0.4, 0.5) is 11.4 Å². The van der Waals surface area contributed by atoms with Gasteiger partial charge in [-0.05, 0) is 18.6 Å². The second kappa shape index (κ2) is 8.03. The topological polar surface area (TPSA) is 92.5 Å². The molecule has 0 unspecified atom stereocenters. The number of hydrogen-bond donors (Lipinski definition) is 1. The van der Waals surface area contributed by atoms with Crippen molar-refractivity contribution < 1.29 is 14.5 Å². The van der Waals surface area contributed by atoms with Crippen LogP contribution in [0.15, 0.2) is 72.8 Å². The highest BCUT2D eigenvalue weighted by Crippen LogP contribution is 2.61. The first-order valence-electron chi connectivity index (χ1n) is 11.5. The number of carbonyl (C=O) groups excluding carboxylic acids is 2. The van der Waals surface area contributed by atoms with E-state index in [1.54, 1.807) is 36.0 Å². The van der Waals surface area contributed by atoms with Crippen molar-refractivity contribution in [2.45, 2.75) is 24.4 Å². The minimum absolute atomic E-state index is 0.00429. The van der Waals surface area contributed by atoms with Crippen LogP contribution in [-0.4, -0.2) is 39.2 Å². The van der Waals surface area contributed by atoms with Crippen LogP contribution in [0.5, 0.6) is 0 Å². The van der Waals surface area contributed by atoms with E-state index in [9.17, 15) is 19.7 Å². The van der Waals surface area contributed by atoms with Crippen LogP contribution in [0.25, 0.3) is 0 Å². The van der Waals surface area contributed by atoms with E-state index in [0.29, 0.717) is 11.4 Å². The second-order valence-corrected chi connectivity index (χ2v) is 10.4. The number of Topliss-reactive ketones (excluding diaryl/α,β-unsaturated/α-hetero) is 1. The number of fused-ring (bicyclic) bond motifs is 4. The van der Waals surface area contributed by atoms with Gasteiger partial charge in [-0.2, -0.15) is 0 Å². The monoisotopic (exact) mass is 485 g/mol. The lowest BCUT2D eigenvalue weighted by molar-refractivity contribution is -0.384. The van der Waals surface area contributed by atoms with E-state index in [0.717, 1.165) is 28.1 Å². The fraction of sp³-hybridized carbons (Fsp3) is 0.259. The Bertz CT molecular complexity index is 1360. The molecule has 2 saturated heterocycles. The summed E-state index contributed by atoms with van der Waals surface area (Å²) in [5.74, 6) is 0.169. The Labute approximate surface area is 206 Å². The molecule has 7 nitrogen and oxygen atoms in total. The van der Waals surface area contributed by atoms with Gasteiger partial charge in [-0.1, -0.05) is 60.2 Å². The third-order valence-electron chi connectivity index (χ3n) is 7.61. The number of thioether (sulfide) groups is 1. The first-order chi connectivity index (χ1) is 16.9. The summed E-state index contributed by atoms with van der Waals surface area (Å²) in [7, 11) is 0. The predicted molar refractivity (Wildman–Crippen MR) is 135 cm³/mol. The van der Waals surface area contributed by atoms with E-state index < -0.39 is 16.4 Å². The molecular weight excluding hydrogens is 462 g/mol. The number of non-ortho nitro benzene ring substituents is 1. The SMILES string of the molecule is Cc1ccc2c(c1)[C@]1(C(=O)N2)[C@@H](C(=O)c2ccccc2)[C@H](c2ccc([N+](=O)[O-])cc2)[C@H]2CSCN21. The fourth-order valence-electron chi connectivity index (χ4n) is 6.16. The smallest absolute Gasteiger partial charge is 0.269 e. The number of hydrogen-bond acceptors (Lipinski definition) is 6. The maximum absolute atomic E-state index is 14.3. The van der Waals surface area contributed by atoms with Gasteiger partial charge in [0.2, 0.25) is 5.91 Å². The van der Waals surface area contributed by atoms with E-state index in [1.807, 2.05) is 43.3 Å². The average molecular weight is 486 g/mol. The predicted octanol–water partition coefficient (Wildman–Crippen LogP) is 4.72. The summed E-state index contributed by atoms with van der Waals surface area (Å²) in [6.07, 6.45) is 0. The Hall–Kier alpha value is -3.49. The molecular formula is C27H23N3O4S. The molecule has 6 rings (SSSR count). The van der Waals surface area contributed by atoms with Crippen LogP contribution in [0.3, 0.4) is 0 Å². The average Bonchev–Trinajstić information content (AvgIpc) is 3.53. The third-order valence-corrected chi connectivity index (χ3v) is 8.64. The highest BCUT2D eigenvalue weighted by atomic mass is 32.2. The Balaban J connectivity index is 1.60. The maximum Gasteiger partial charge on any atom is 0.269 e. The van der Waals surface area contributed by atoms with Crippen molar-refractivity contribution >= 4 is 34.8 Å². The number of rotatable bonds is 4. The van der Waals surface area contributed by atoms with Gasteiger partial charge in [-0.25, -0.2) is 0 Å². The van der Waals surface area contributed by atoms with Crippen LogP contribution in [0.1, 0.15) is 33.0 Å². The number of nitro benzene ring substituents is 1. The first kappa shape index (κ1) is 22.0. The summed E-state index contributed by atoms with van der Waals surface area (Å²) < 4.78 is 0. The Morgan fingerprint density at radius 3 is 2.57 bits per heavy atom.